The minimum Gasteiger partial charge on any atom is -0.396 e. The van der Waals surface area contributed by atoms with Crippen LogP contribution < -0.4 is 0 Å². The fraction of sp³-hybridized carbons (Fsp3) is 0.455. The lowest BCUT2D eigenvalue weighted by Gasteiger charge is -1.96. The van der Waals surface area contributed by atoms with Gasteiger partial charge in [-0.3, -0.25) is 0 Å². The summed E-state index contributed by atoms with van der Waals surface area (Å²) in [6.07, 6.45) is -0.916. The Labute approximate surface area is 117 Å². The van der Waals surface area contributed by atoms with E-state index in [0.29, 0.717) is 16.7 Å². The van der Waals surface area contributed by atoms with Crippen LogP contribution >= 0.6 is 23.1 Å². The molecule has 1 heterocycles. The Bertz CT molecular complexity index is 470. The molecule has 1 aromatic heterocycles. The number of hydrogen-bond donors (Lipinski definition) is 0. The van der Waals surface area contributed by atoms with Crippen molar-refractivity contribution in [2.45, 2.75) is 24.6 Å². The minimum absolute atomic E-state index is 0.220. The van der Waals surface area contributed by atoms with Crippen LogP contribution in [0.4, 0.5) is 13.2 Å². The van der Waals surface area contributed by atoms with Gasteiger partial charge in [-0.05, 0) is 13.8 Å². The van der Waals surface area contributed by atoms with Crippen LogP contribution in [0.3, 0.4) is 0 Å². The van der Waals surface area contributed by atoms with Crippen molar-refractivity contribution in [3.63, 3.8) is 0 Å². The van der Waals surface area contributed by atoms with Gasteiger partial charge < -0.3 is 4.84 Å². The van der Waals surface area contributed by atoms with Gasteiger partial charge in [0.2, 0.25) is 0 Å². The average molecular weight is 310 g/mol. The highest BCUT2D eigenvalue weighted by Gasteiger charge is 2.08. The van der Waals surface area contributed by atoms with Crippen LogP contribution in [0, 0.1) is 0 Å². The molecule has 3 nitrogen and oxygen atoms in total. The van der Waals surface area contributed by atoms with Gasteiger partial charge in [0.1, 0.15) is 10.9 Å². The van der Waals surface area contributed by atoms with Gasteiger partial charge in [0.15, 0.2) is 5.83 Å². The second kappa shape index (κ2) is 8.21. The lowest BCUT2D eigenvalue weighted by atomic mass is 10.4. The summed E-state index contributed by atoms with van der Waals surface area (Å²) in [6.45, 7) is 4.10. The van der Waals surface area contributed by atoms with Crippen molar-refractivity contribution in [3.8, 4) is 0 Å². The smallest absolute Gasteiger partial charge is 0.301 e. The highest BCUT2D eigenvalue weighted by atomic mass is 32.2. The average Bonchev–Trinajstić information content (AvgIpc) is 2.84. The molecule has 1 aromatic rings. The third-order valence-corrected chi connectivity index (χ3v) is 4.19. The summed E-state index contributed by atoms with van der Waals surface area (Å²) in [5.41, 5.74) is 0.701. The molecule has 0 N–H and O–H groups in total. The fourth-order valence-electron chi connectivity index (χ4n) is 1.02. The number of halogens is 3. The zero-order valence-electron chi connectivity index (χ0n) is 10.5. The molecule has 1 rings (SSSR count). The molecule has 0 atom stereocenters. The SMILES string of the molecule is CCO/N=C(\C)c1cnc(SCCC(F)=C(F)F)s1. The maximum Gasteiger partial charge on any atom is 0.301 e. The molecule has 0 aliphatic carbocycles. The van der Waals surface area contributed by atoms with E-state index in [1.165, 1.54) is 23.1 Å². The molecule has 0 unspecified atom stereocenters. The summed E-state index contributed by atoms with van der Waals surface area (Å²) in [5, 5.41) is 3.87. The Hall–Kier alpha value is -1.02. The molecule has 106 valence electrons. The summed E-state index contributed by atoms with van der Waals surface area (Å²) in [7, 11) is 0. The number of oxime groups is 1. The van der Waals surface area contributed by atoms with E-state index in [0.717, 1.165) is 4.88 Å². The van der Waals surface area contributed by atoms with Gasteiger partial charge in [-0.2, -0.15) is 8.78 Å². The Balaban J connectivity index is 2.49. The quantitative estimate of drug-likeness (QED) is 0.423. The topological polar surface area (TPSA) is 34.5 Å². The zero-order chi connectivity index (χ0) is 14.3. The second-order valence-corrected chi connectivity index (χ2v) is 5.72. The van der Waals surface area contributed by atoms with Gasteiger partial charge in [-0.25, -0.2) is 9.37 Å². The molecule has 0 saturated heterocycles. The second-order valence-electron chi connectivity index (χ2n) is 3.35. The van der Waals surface area contributed by atoms with Crippen LogP contribution in [0.25, 0.3) is 0 Å². The largest absolute Gasteiger partial charge is 0.396 e. The first kappa shape index (κ1) is 16.0. The molecule has 0 saturated carbocycles. The number of hydrogen-bond acceptors (Lipinski definition) is 5. The van der Waals surface area contributed by atoms with Gasteiger partial charge in [-0.1, -0.05) is 16.9 Å². The zero-order valence-corrected chi connectivity index (χ0v) is 12.1. The molecule has 0 aliphatic rings. The van der Waals surface area contributed by atoms with E-state index in [4.69, 9.17) is 4.84 Å². The normalized spacial score (nSPS) is 11.5. The van der Waals surface area contributed by atoms with E-state index in [-0.39, 0.29) is 12.2 Å². The number of thiazole rings is 1. The van der Waals surface area contributed by atoms with Crippen molar-refractivity contribution < 1.29 is 18.0 Å². The van der Waals surface area contributed by atoms with Gasteiger partial charge in [-0.15, -0.1) is 11.3 Å². The van der Waals surface area contributed by atoms with Crippen molar-refractivity contribution in [1.29, 1.82) is 0 Å². The molecule has 0 radical (unpaired) electrons. The Morgan fingerprint density at radius 3 is 2.84 bits per heavy atom. The van der Waals surface area contributed by atoms with E-state index >= 15 is 0 Å². The maximum absolute atomic E-state index is 12.6. The monoisotopic (exact) mass is 310 g/mol. The first-order chi connectivity index (χ1) is 9.04. The molecular formula is C11H13F3N2OS2. The molecule has 0 aliphatic heterocycles. The van der Waals surface area contributed by atoms with Crippen molar-refractivity contribution in [2.75, 3.05) is 12.4 Å². The van der Waals surface area contributed by atoms with Crippen LogP contribution in [-0.2, 0) is 4.84 Å². The number of aromatic nitrogens is 1. The van der Waals surface area contributed by atoms with Crippen LogP contribution in [0.2, 0.25) is 0 Å². The molecule has 0 spiro atoms. The number of rotatable bonds is 7. The molecule has 0 aromatic carbocycles. The van der Waals surface area contributed by atoms with Crippen molar-refractivity contribution in [3.05, 3.63) is 23.0 Å². The van der Waals surface area contributed by atoms with Gasteiger partial charge in [0.25, 0.3) is 0 Å². The summed E-state index contributed by atoms with van der Waals surface area (Å²) in [6, 6.07) is 0. The van der Waals surface area contributed by atoms with Crippen LogP contribution in [0.15, 0.2) is 27.6 Å². The Kier molecular flexibility index (Phi) is 6.93. The van der Waals surface area contributed by atoms with E-state index in [1.807, 2.05) is 6.92 Å². The van der Waals surface area contributed by atoms with Crippen LogP contribution in [0.1, 0.15) is 25.1 Å². The first-order valence-corrected chi connectivity index (χ1v) is 7.30. The van der Waals surface area contributed by atoms with Crippen molar-refractivity contribution in [2.24, 2.45) is 5.16 Å². The first-order valence-electron chi connectivity index (χ1n) is 5.49. The lowest BCUT2D eigenvalue weighted by Crippen LogP contribution is -1.92. The van der Waals surface area contributed by atoms with Crippen molar-refractivity contribution >= 4 is 28.8 Å². The van der Waals surface area contributed by atoms with E-state index < -0.39 is 11.9 Å². The molecule has 19 heavy (non-hydrogen) atoms. The van der Waals surface area contributed by atoms with Gasteiger partial charge in [0, 0.05) is 18.4 Å². The summed E-state index contributed by atoms with van der Waals surface area (Å²) < 4.78 is 36.9. The van der Waals surface area contributed by atoms with E-state index in [9.17, 15) is 13.2 Å². The third-order valence-electron chi connectivity index (χ3n) is 1.92. The highest BCUT2D eigenvalue weighted by Crippen LogP contribution is 2.27. The van der Waals surface area contributed by atoms with Gasteiger partial charge >= 0.3 is 6.08 Å². The molecular weight excluding hydrogens is 297 g/mol. The Morgan fingerprint density at radius 1 is 1.47 bits per heavy atom. The predicted octanol–water partition coefficient (Wildman–Crippen LogP) is 4.46. The highest BCUT2D eigenvalue weighted by molar-refractivity contribution is 8.01. The standard InChI is InChI=1S/C11H13F3N2OS2/c1-3-17-16-7(2)9-6-15-11(19-9)18-5-4-8(12)10(13)14/h6H,3-5H2,1-2H3/b16-7+. The van der Waals surface area contributed by atoms with Gasteiger partial charge in [0.05, 0.1) is 10.6 Å². The fourth-order valence-corrected chi connectivity index (χ4v) is 2.94. The molecule has 0 bridgehead atoms. The lowest BCUT2D eigenvalue weighted by molar-refractivity contribution is 0.159. The number of thioether (sulfide) groups is 1. The summed E-state index contributed by atoms with van der Waals surface area (Å²) >= 11 is 2.60. The van der Waals surface area contributed by atoms with E-state index in [1.54, 1.807) is 13.1 Å². The summed E-state index contributed by atoms with van der Waals surface area (Å²) in [4.78, 5) is 9.86. The number of nitrogens with zero attached hydrogens (tertiary/aromatic N) is 2. The third kappa shape index (κ3) is 5.65. The summed E-state index contributed by atoms with van der Waals surface area (Å²) in [5.74, 6) is -1.14. The predicted molar refractivity (Wildman–Crippen MR) is 71.6 cm³/mol. The van der Waals surface area contributed by atoms with Crippen molar-refractivity contribution in [1.82, 2.24) is 4.98 Å². The molecule has 0 amide bonds. The Morgan fingerprint density at radius 2 is 2.21 bits per heavy atom. The van der Waals surface area contributed by atoms with E-state index in [2.05, 4.69) is 10.1 Å². The van der Waals surface area contributed by atoms with Crippen LogP contribution in [0.5, 0.6) is 0 Å². The molecule has 0 fully saturated rings. The van der Waals surface area contributed by atoms with Crippen LogP contribution in [-0.4, -0.2) is 23.1 Å². The molecule has 8 heteroatoms. The maximum atomic E-state index is 12.6. The number of allylic oxidation sites excluding steroid dienone is 1. The minimum atomic E-state index is -2.25.